The van der Waals surface area contributed by atoms with Crippen LogP contribution in [-0.2, 0) is 11.2 Å². The number of nitrogens with zero attached hydrogens (tertiary/aromatic N) is 3. The van der Waals surface area contributed by atoms with Crippen LogP contribution in [0.3, 0.4) is 0 Å². The highest BCUT2D eigenvalue weighted by molar-refractivity contribution is 7.08. The molecule has 1 aliphatic heterocycles. The van der Waals surface area contributed by atoms with Gasteiger partial charge in [-0.15, -0.1) is 12.4 Å². The number of rotatable bonds is 7. The number of piperidine rings is 1. The molecule has 0 unspecified atom stereocenters. The fourth-order valence-corrected chi connectivity index (χ4v) is 3.73. The predicted molar refractivity (Wildman–Crippen MR) is 101 cm³/mol. The zero-order valence-corrected chi connectivity index (χ0v) is 16.1. The number of halogens is 1. The van der Waals surface area contributed by atoms with Crippen molar-refractivity contribution in [3.05, 3.63) is 22.7 Å². The zero-order chi connectivity index (χ0) is 16.8. The molecule has 1 N–H and O–H groups in total. The van der Waals surface area contributed by atoms with Gasteiger partial charge in [-0.1, -0.05) is 12.1 Å². The Morgan fingerprint density at radius 3 is 2.92 bits per heavy atom. The van der Waals surface area contributed by atoms with Gasteiger partial charge < -0.3 is 14.7 Å². The van der Waals surface area contributed by atoms with E-state index in [0.29, 0.717) is 30.6 Å². The van der Waals surface area contributed by atoms with Crippen LogP contribution in [0.15, 0.2) is 21.3 Å². The molecule has 0 aliphatic carbocycles. The molecule has 1 aliphatic rings. The molecule has 0 spiro atoms. The minimum atomic E-state index is 0. The number of nitrogens with one attached hydrogen (secondary N) is 1. The van der Waals surface area contributed by atoms with Gasteiger partial charge in [-0.05, 0) is 43.8 Å². The van der Waals surface area contributed by atoms with Gasteiger partial charge in [0.25, 0.3) is 0 Å². The third-order valence-electron chi connectivity index (χ3n) is 4.33. The first-order chi connectivity index (χ1) is 11.8. The van der Waals surface area contributed by atoms with Crippen LogP contribution in [0.4, 0.5) is 0 Å². The number of hydrogen-bond acceptors (Lipinski definition) is 6. The second kappa shape index (κ2) is 9.89. The second-order valence-electron chi connectivity index (χ2n) is 6.09. The molecule has 1 fully saturated rings. The van der Waals surface area contributed by atoms with Crippen LogP contribution in [0.5, 0.6) is 0 Å². The minimum absolute atomic E-state index is 0. The van der Waals surface area contributed by atoms with Crippen molar-refractivity contribution in [1.82, 2.24) is 20.4 Å². The lowest BCUT2D eigenvalue weighted by molar-refractivity contribution is -0.134. The Bertz CT molecular complexity index is 641. The average molecular weight is 385 g/mol. The smallest absolute Gasteiger partial charge is 0.227 e. The van der Waals surface area contributed by atoms with E-state index in [-0.39, 0.29) is 18.3 Å². The average Bonchev–Trinajstić information content (AvgIpc) is 3.29. The maximum Gasteiger partial charge on any atom is 0.227 e. The van der Waals surface area contributed by atoms with Crippen LogP contribution >= 0.6 is 23.7 Å². The van der Waals surface area contributed by atoms with E-state index in [1.807, 2.05) is 16.8 Å². The molecular formula is C17H25ClN4O2S. The number of aromatic nitrogens is 2. The molecule has 0 radical (unpaired) electrons. The van der Waals surface area contributed by atoms with Gasteiger partial charge in [0.15, 0.2) is 0 Å². The Hall–Kier alpha value is -1.44. The van der Waals surface area contributed by atoms with Crippen molar-refractivity contribution >= 4 is 29.7 Å². The van der Waals surface area contributed by atoms with Gasteiger partial charge >= 0.3 is 0 Å². The molecule has 138 valence electrons. The first kappa shape index (κ1) is 19.9. The van der Waals surface area contributed by atoms with Crippen LogP contribution in [0.2, 0.25) is 0 Å². The zero-order valence-electron chi connectivity index (χ0n) is 14.4. The molecule has 25 heavy (non-hydrogen) atoms. The summed E-state index contributed by atoms with van der Waals surface area (Å²) in [6.45, 7) is 4.93. The Kier molecular flexibility index (Phi) is 7.87. The molecular weight excluding hydrogens is 360 g/mol. The molecule has 0 aromatic carbocycles. The summed E-state index contributed by atoms with van der Waals surface area (Å²) in [5, 5.41) is 11.3. The number of aryl methyl sites for hydroxylation is 1. The van der Waals surface area contributed by atoms with E-state index in [1.165, 1.54) is 0 Å². The number of thiophene rings is 1. The minimum Gasteiger partial charge on any atom is -0.340 e. The third kappa shape index (κ3) is 5.26. The maximum atomic E-state index is 12.7. The van der Waals surface area contributed by atoms with E-state index >= 15 is 0 Å². The van der Waals surface area contributed by atoms with E-state index in [4.69, 9.17) is 4.52 Å². The van der Waals surface area contributed by atoms with Crippen LogP contribution in [0, 0.1) is 0 Å². The maximum absolute atomic E-state index is 12.7. The fraction of sp³-hybridized carbons (Fsp3) is 0.588. The van der Waals surface area contributed by atoms with Crippen molar-refractivity contribution in [3.8, 4) is 11.4 Å². The van der Waals surface area contributed by atoms with Gasteiger partial charge in [0.1, 0.15) is 0 Å². The summed E-state index contributed by atoms with van der Waals surface area (Å²) in [4.78, 5) is 19.1. The molecule has 3 rings (SSSR count). The second-order valence-corrected chi connectivity index (χ2v) is 6.87. The molecule has 1 amide bonds. The van der Waals surface area contributed by atoms with E-state index in [9.17, 15) is 4.79 Å². The summed E-state index contributed by atoms with van der Waals surface area (Å²) in [7, 11) is 0. The van der Waals surface area contributed by atoms with Crippen molar-refractivity contribution in [2.24, 2.45) is 0 Å². The van der Waals surface area contributed by atoms with Gasteiger partial charge in [-0.2, -0.15) is 16.3 Å². The summed E-state index contributed by atoms with van der Waals surface area (Å²) < 4.78 is 5.29. The summed E-state index contributed by atoms with van der Waals surface area (Å²) in [5.74, 6) is 1.33. The molecule has 2 aromatic rings. The molecule has 2 aromatic heterocycles. The largest absolute Gasteiger partial charge is 0.340 e. The topological polar surface area (TPSA) is 71.3 Å². The van der Waals surface area contributed by atoms with Crippen LogP contribution < -0.4 is 5.32 Å². The summed E-state index contributed by atoms with van der Waals surface area (Å²) in [6, 6.07) is 2.33. The highest BCUT2D eigenvalue weighted by Gasteiger charge is 2.24. The normalized spacial score (nSPS) is 14.9. The molecule has 0 atom stereocenters. The number of hydrogen-bond donors (Lipinski definition) is 1. The van der Waals surface area contributed by atoms with Gasteiger partial charge in [-0.25, -0.2) is 0 Å². The van der Waals surface area contributed by atoms with Gasteiger partial charge in [-0.3, -0.25) is 4.79 Å². The molecule has 1 saturated heterocycles. The van der Waals surface area contributed by atoms with E-state index in [1.54, 1.807) is 11.3 Å². The molecule has 3 heterocycles. The highest BCUT2D eigenvalue weighted by Crippen LogP contribution is 2.19. The number of carbonyl (C=O) groups excluding carboxylic acids is 1. The monoisotopic (exact) mass is 384 g/mol. The Labute approximate surface area is 158 Å². The van der Waals surface area contributed by atoms with Gasteiger partial charge in [0.2, 0.25) is 17.6 Å². The van der Waals surface area contributed by atoms with E-state index in [0.717, 1.165) is 44.5 Å². The molecule has 6 nitrogen and oxygen atoms in total. The summed E-state index contributed by atoms with van der Waals surface area (Å²) >= 11 is 1.60. The van der Waals surface area contributed by atoms with E-state index in [2.05, 4.69) is 27.3 Å². The molecule has 0 saturated carbocycles. The Morgan fingerprint density at radius 2 is 2.24 bits per heavy atom. The summed E-state index contributed by atoms with van der Waals surface area (Å²) in [5.41, 5.74) is 0.962. The Morgan fingerprint density at radius 1 is 1.44 bits per heavy atom. The third-order valence-corrected chi connectivity index (χ3v) is 5.02. The first-order valence-electron chi connectivity index (χ1n) is 8.63. The molecule has 0 bridgehead atoms. The summed E-state index contributed by atoms with van der Waals surface area (Å²) in [6.07, 6.45) is 3.98. The van der Waals surface area contributed by atoms with Crippen LogP contribution in [0.1, 0.15) is 38.5 Å². The van der Waals surface area contributed by atoms with Crippen molar-refractivity contribution in [2.75, 3.05) is 19.6 Å². The van der Waals surface area contributed by atoms with E-state index < -0.39 is 0 Å². The first-order valence-corrected chi connectivity index (χ1v) is 9.57. The standard InChI is InChI=1S/C17H24N4O2S.ClH/c1-2-10-21(14-5-8-18-9-6-14)16(22)4-3-15-19-17(20-23-15)13-7-11-24-12-13;/h7,11-12,14,18H,2-6,8-10H2,1H3;1H. The lowest BCUT2D eigenvalue weighted by atomic mass is 10.0. The van der Waals surface area contributed by atoms with Crippen LogP contribution in [-0.4, -0.2) is 46.6 Å². The van der Waals surface area contributed by atoms with Gasteiger partial charge in [0, 0.05) is 36.4 Å². The van der Waals surface area contributed by atoms with Crippen molar-refractivity contribution in [1.29, 1.82) is 0 Å². The SMILES string of the molecule is CCCN(C(=O)CCc1nc(-c2ccsc2)no1)C1CCNCC1.Cl. The van der Waals surface area contributed by atoms with Gasteiger partial charge in [0.05, 0.1) is 0 Å². The Balaban J connectivity index is 0.00000225. The van der Waals surface area contributed by atoms with Crippen molar-refractivity contribution in [2.45, 2.75) is 45.1 Å². The van der Waals surface area contributed by atoms with Crippen molar-refractivity contribution in [3.63, 3.8) is 0 Å². The quantitative estimate of drug-likeness (QED) is 0.793. The lowest BCUT2D eigenvalue weighted by Crippen LogP contribution is -2.46. The van der Waals surface area contributed by atoms with Crippen LogP contribution in [0.25, 0.3) is 11.4 Å². The number of amides is 1. The molecule has 8 heteroatoms. The fourth-order valence-electron chi connectivity index (χ4n) is 3.09. The predicted octanol–water partition coefficient (Wildman–Crippen LogP) is 3.14. The number of carbonyl (C=O) groups is 1. The van der Waals surface area contributed by atoms with Crippen molar-refractivity contribution < 1.29 is 9.32 Å². The highest BCUT2D eigenvalue weighted by atomic mass is 35.5. The lowest BCUT2D eigenvalue weighted by Gasteiger charge is -2.34.